The number of nitrogens with zero attached hydrogens (tertiary/aromatic N) is 1. The summed E-state index contributed by atoms with van der Waals surface area (Å²) in [5.74, 6) is 1.29. The average Bonchev–Trinajstić information content (AvgIpc) is 2.48. The van der Waals surface area contributed by atoms with E-state index in [0.29, 0.717) is 10.9 Å². The normalized spacial score (nSPS) is 11.2. The molecule has 0 aliphatic rings. The minimum absolute atomic E-state index is 0.176. The van der Waals surface area contributed by atoms with Gasteiger partial charge in [0.25, 0.3) is 0 Å². The third-order valence-corrected chi connectivity index (χ3v) is 4.00. The Bertz CT molecular complexity index is 618. The van der Waals surface area contributed by atoms with Gasteiger partial charge in [-0.15, -0.1) is 0 Å². The first-order valence-corrected chi connectivity index (χ1v) is 7.37. The minimum Gasteiger partial charge on any atom is -0.439 e. The Morgan fingerprint density at radius 2 is 1.86 bits per heavy atom. The highest BCUT2D eigenvalue weighted by Crippen LogP contribution is 2.29. The van der Waals surface area contributed by atoms with Crippen molar-refractivity contribution in [3.05, 3.63) is 53.7 Å². The van der Waals surface area contributed by atoms with E-state index in [-0.39, 0.29) is 5.41 Å². The molecule has 3 nitrogen and oxygen atoms in total. The van der Waals surface area contributed by atoms with Crippen molar-refractivity contribution in [1.82, 2.24) is 4.98 Å². The Morgan fingerprint density at radius 3 is 2.33 bits per heavy atom. The summed E-state index contributed by atoms with van der Waals surface area (Å²) >= 11 is 4.89. The molecule has 0 amide bonds. The van der Waals surface area contributed by atoms with Crippen molar-refractivity contribution in [1.29, 1.82) is 0 Å². The summed E-state index contributed by atoms with van der Waals surface area (Å²) in [7, 11) is 0. The molecule has 4 heteroatoms. The highest BCUT2D eigenvalue weighted by molar-refractivity contribution is 7.80. The van der Waals surface area contributed by atoms with Gasteiger partial charge in [-0.1, -0.05) is 45.1 Å². The molecule has 0 fully saturated rings. The lowest BCUT2D eigenvalue weighted by molar-refractivity contribution is 0.460. The fourth-order valence-electron chi connectivity index (χ4n) is 1.89. The van der Waals surface area contributed by atoms with E-state index in [1.807, 2.05) is 12.1 Å². The fourth-order valence-corrected chi connectivity index (χ4v) is 2.01. The predicted molar refractivity (Wildman–Crippen MR) is 90.0 cm³/mol. The maximum Gasteiger partial charge on any atom is 0.219 e. The zero-order chi connectivity index (χ0) is 15.5. The Kier molecular flexibility index (Phi) is 4.58. The molecule has 21 heavy (non-hydrogen) atoms. The highest BCUT2D eigenvalue weighted by atomic mass is 32.1. The van der Waals surface area contributed by atoms with Crippen molar-refractivity contribution in [2.45, 2.75) is 32.6 Å². The lowest BCUT2D eigenvalue weighted by Gasteiger charge is -2.23. The molecule has 0 radical (unpaired) electrons. The van der Waals surface area contributed by atoms with E-state index in [0.717, 1.165) is 17.7 Å². The summed E-state index contributed by atoms with van der Waals surface area (Å²) in [6.07, 6.45) is 2.71. The summed E-state index contributed by atoms with van der Waals surface area (Å²) in [6.45, 7) is 6.66. The zero-order valence-corrected chi connectivity index (χ0v) is 13.4. The molecule has 110 valence electrons. The van der Waals surface area contributed by atoms with Gasteiger partial charge in [0.15, 0.2) is 0 Å². The average molecular weight is 300 g/mol. The largest absolute Gasteiger partial charge is 0.439 e. The van der Waals surface area contributed by atoms with E-state index in [1.165, 1.54) is 5.56 Å². The maximum atomic E-state index is 5.72. The van der Waals surface area contributed by atoms with Gasteiger partial charge in [-0.05, 0) is 35.6 Å². The van der Waals surface area contributed by atoms with Crippen LogP contribution in [0.4, 0.5) is 0 Å². The van der Waals surface area contributed by atoms with Crippen molar-refractivity contribution in [3.8, 4) is 11.6 Å². The number of aromatic nitrogens is 1. The molecule has 2 rings (SSSR count). The van der Waals surface area contributed by atoms with Crippen LogP contribution in [0.3, 0.4) is 0 Å². The van der Waals surface area contributed by atoms with E-state index >= 15 is 0 Å². The van der Waals surface area contributed by atoms with Gasteiger partial charge in [0.1, 0.15) is 10.7 Å². The summed E-state index contributed by atoms with van der Waals surface area (Å²) in [5, 5.41) is 0. The van der Waals surface area contributed by atoms with E-state index in [1.54, 1.807) is 18.3 Å². The van der Waals surface area contributed by atoms with Crippen LogP contribution in [-0.4, -0.2) is 9.97 Å². The second-order valence-electron chi connectivity index (χ2n) is 5.61. The summed E-state index contributed by atoms with van der Waals surface area (Å²) < 4.78 is 5.72. The molecule has 2 N–H and O–H groups in total. The molecular formula is C17H20N2OS. The first-order valence-electron chi connectivity index (χ1n) is 6.96. The molecule has 0 unspecified atom stereocenters. The van der Waals surface area contributed by atoms with Crippen LogP contribution in [0.5, 0.6) is 11.6 Å². The van der Waals surface area contributed by atoms with Crippen molar-refractivity contribution in [2.75, 3.05) is 0 Å². The van der Waals surface area contributed by atoms with Crippen molar-refractivity contribution >= 4 is 17.2 Å². The summed E-state index contributed by atoms with van der Waals surface area (Å²) in [5.41, 5.74) is 7.75. The van der Waals surface area contributed by atoms with Crippen LogP contribution in [0.2, 0.25) is 0 Å². The van der Waals surface area contributed by atoms with E-state index < -0.39 is 0 Å². The Labute approximate surface area is 131 Å². The number of nitrogens with two attached hydrogens (primary N) is 1. The lowest BCUT2D eigenvalue weighted by atomic mass is 9.82. The van der Waals surface area contributed by atoms with Gasteiger partial charge >= 0.3 is 0 Å². The Balaban J connectivity index is 2.11. The van der Waals surface area contributed by atoms with E-state index in [4.69, 9.17) is 22.7 Å². The molecule has 2 aromatic rings. The summed E-state index contributed by atoms with van der Waals surface area (Å²) in [4.78, 5) is 4.53. The van der Waals surface area contributed by atoms with Crippen LogP contribution in [0.1, 0.15) is 38.3 Å². The quantitative estimate of drug-likeness (QED) is 0.841. The number of benzene rings is 1. The third kappa shape index (κ3) is 3.79. The number of pyridine rings is 1. The molecule has 0 aliphatic carbocycles. The Hall–Kier alpha value is -1.94. The van der Waals surface area contributed by atoms with Crippen LogP contribution < -0.4 is 10.5 Å². The van der Waals surface area contributed by atoms with Gasteiger partial charge in [-0.2, -0.15) is 0 Å². The summed E-state index contributed by atoms with van der Waals surface area (Å²) in [6, 6.07) is 11.7. The van der Waals surface area contributed by atoms with Gasteiger partial charge in [-0.3, -0.25) is 0 Å². The Morgan fingerprint density at radius 1 is 1.19 bits per heavy atom. The molecule has 0 saturated carbocycles. The van der Waals surface area contributed by atoms with E-state index in [2.05, 4.69) is 37.9 Å². The first kappa shape index (κ1) is 15.4. The standard InChI is InChI=1S/C17H20N2OS/c1-4-17(2,3)13-6-8-14(9-7-13)20-15-10-5-12(11-19-15)16(18)21/h5-11H,4H2,1-3H3,(H2,18,21). The molecule has 1 aromatic carbocycles. The smallest absolute Gasteiger partial charge is 0.219 e. The highest BCUT2D eigenvalue weighted by Gasteiger charge is 2.17. The molecule has 1 heterocycles. The zero-order valence-electron chi connectivity index (χ0n) is 12.6. The molecular weight excluding hydrogens is 280 g/mol. The van der Waals surface area contributed by atoms with Gasteiger partial charge in [0, 0.05) is 17.8 Å². The van der Waals surface area contributed by atoms with Gasteiger partial charge in [-0.25, -0.2) is 4.98 Å². The molecule has 0 aliphatic heterocycles. The van der Waals surface area contributed by atoms with E-state index in [9.17, 15) is 0 Å². The van der Waals surface area contributed by atoms with Crippen LogP contribution in [0.15, 0.2) is 42.6 Å². The van der Waals surface area contributed by atoms with Crippen LogP contribution in [0.25, 0.3) is 0 Å². The van der Waals surface area contributed by atoms with Crippen molar-refractivity contribution in [2.24, 2.45) is 5.73 Å². The maximum absolute atomic E-state index is 5.72. The molecule has 1 aromatic heterocycles. The molecule has 0 atom stereocenters. The second-order valence-corrected chi connectivity index (χ2v) is 6.05. The van der Waals surface area contributed by atoms with Crippen molar-refractivity contribution in [3.63, 3.8) is 0 Å². The van der Waals surface area contributed by atoms with Crippen LogP contribution in [0, 0.1) is 0 Å². The van der Waals surface area contributed by atoms with Gasteiger partial charge in [0.2, 0.25) is 5.88 Å². The topological polar surface area (TPSA) is 48.1 Å². The number of hydrogen-bond donors (Lipinski definition) is 1. The van der Waals surface area contributed by atoms with Gasteiger partial charge < -0.3 is 10.5 Å². The van der Waals surface area contributed by atoms with Crippen molar-refractivity contribution < 1.29 is 4.74 Å². The monoisotopic (exact) mass is 300 g/mol. The fraction of sp³-hybridized carbons (Fsp3) is 0.294. The first-order chi connectivity index (χ1) is 9.92. The molecule has 0 saturated heterocycles. The van der Waals surface area contributed by atoms with Gasteiger partial charge in [0.05, 0.1) is 0 Å². The molecule has 0 bridgehead atoms. The molecule has 0 spiro atoms. The lowest BCUT2D eigenvalue weighted by Crippen LogP contribution is -2.14. The third-order valence-electron chi connectivity index (χ3n) is 3.76. The van der Waals surface area contributed by atoms with Crippen LogP contribution in [-0.2, 0) is 5.41 Å². The second kappa shape index (κ2) is 6.22. The number of thiocarbonyl (C=S) groups is 1. The number of ether oxygens (including phenoxy) is 1. The number of hydrogen-bond acceptors (Lipinski definition) is 3. The predicted octanol–water partition coefficient (Wildman–Crippen LogP) is 4.20. The minimum atomic E-state index is 0.176. The number of rotatable bonds is 5. The van der Waals surface area contributed by atoms with Crippen LogP contribution >= 0.6 is 12.2 Å². The SMILES string of the molecule is CCC(C)(C)c1ccc(Oc2ccc(C(N)=S)cn2)cc1.